The molecule has 2 aliphatic rings. The third-order valence-corrected chi connectivity index (χ3v) is 7.29. The van der Waals surface area contributed by atoms with Crippen LogP contribution >= 0.6 is 0 Å². The van der Waals surface area contributed by atoms with E-state index in [4.69, 9.17) is 4.74 Å². The zero-order valence-electron chi connectivity index (χ0n) is 20.5. The number of benzene rings is 2. The summed E-state index contributed by atoms with van der Waals surface area (Å²) < 4.78 is 66.1. The summed E-state index contributed by atoms with van der Waals surface area (Å²) in [5.41, 5.74) is 1.37. The van der Waals surface area contributed by atoms with E-state index >= 15 is 13.2 Å². The number of halogens is 4. The maximum absolute atomic E-state index is 15.3. The Kier molecular flexibility index (Phi) is 8.35. The highest BCUT2D eigenvalue weighted by atomic mass is 19.2. The van der Waals surface area contributed by atoms with Gasteiger partial charge in [0.25, 0.3) is 0 Å². The topological polar surface area (TPSA) is 9.23 Å². The zero-order chi connectivity index (χ0) is 24.9. The van der Waals surface area contributed by atoms with Crippen LogP contribution in [-0.2, 0) is 30.4 Å². The highest BCUT2D eigenvalue weighted by Crippen LogP contribution is 2.41. The number of hydrogen-bond acceptors (Lipinski definition) is 1. The van der Waals surface area contributed by atoms with E-state index in [0.29, 0.717) is 61.8 Å². The minimum absolute atomic E-state index is 0.125. The molecule has 1 aliphatic heterocycles. The van der Waals surface area contributed by atoms with Gasteiger partial charge in [0.15, 0.2) is 23.3 Å². The molecule has 2 aromatic rings. The van der Waals surface area contributed by atoms with Crippen LogP contribution in [0.5, 0.6) is 0 Å². The van der Waals surface area contributed by atoms with E-state index < -0.39 is 23.3 Å². The molecule has 0 aromatic heterocycles. The van der Waals surface area contributed by atoms with Crippen molar-refractivity contribution in [2.45, 2.75) is 77.6 Å². The molecule has 188 valence electrons. The lowest BCUT2D eigenvalue weighted by molar-refractivity contribution is 0.133. The number of unbranched alkanes of at least 4 members (excludes halogenated alkanes) is 2. The van der Waals surface area contributed by atoms with Crippen LogP contribution in [0.2, 0.25) is 0 Å². The second-order valence-corrected chi connectivity index (χ2v) is 9.80. The van der Waals surface area contributed by atoms with E-state index in [2.05, 4.69) is 19.6 Å². The van der Waals surface area contributed by atoms with Crippen LogP contribution in [-0.4, -0.2) is 6.61 Å². The van der Waals surface area contributed by atoms with Crippen LogP contribution in [0.25, 0.3) is 11.1 Å². The van der Waals surface area contributed by atoms with Crippen LogP contribution in [0, 0.1) is 29.2 Å². The number of fused-ring (bicyclic) bond motifs is 3. The van der Waals surface area contributed by atoms with Gasteiger partial charge in [-0.15, -0.1) is 6.58 Å². The SMILES string of the molecule is C=CCCc1cc2c(c(F)c1F)-c1c(cc(CCC3CC=C(CCCCC)OC3)c(F)c1F)CC2. The molecule has 1 aliphatic carbocycles. The van der Waals surface area contributed by atoms with Gasteiger partial charge in [-0.05, 0) is 85.6 Å². The van der Waals surface area contributed by atoms with E-state index in [-0.39, 0.29) is 22.6 Å². The molecule has 0 bridgehead atoms. The number of hydrogen-bond donors (Lipinski definition) is 0. The standard InChI is InChI=1S/C30H34F4O/c1-3-5-7-9-24-15-11-19(18-35-24)10-12-23-17-21-14-13-20-16-22(8-6-4-2)27(31)29(33)25(20)26(21)30(34)28(23)32/h4,15-17,19H,2-3,5-14,18H2,1H3. The highest BCUT2D eigenvalue weighted by molar-refractivity contribution is 5.75. The van der Waals surface area contributed by atoms with Gasteiger partial charge in [-0.3, -0.25) is 0 Å². The van der Waals surface area contributed by atoms with Crippen molar-refractivity contribution in [3.05, 3.63) is 82.1 Å². The maximum atomic E-state index is 15.3. The van der Waals surface area contributed by atoms with Gasteiger partial charge >= 0.3 is 0 Å². The molecule has 1 unspecified atom stereocenters. The van der Waals surface area contributed by atoms with E-state index in [1.54, 1.807) is 18.2 Å². The fourth-order valence-electron chi connectivity index (χ4n) is 5.23. The lowest BCUT2D eigenvalue weighted by atomic mass is 9.82. The molecule has 1 atom stereocenters. The number of ether oxygens (including phenoxy) is 1. The number of rotatable bonds is 10. The van der Waals surface area contributed by atoms with Crippen LogP contribution in [0.4, 0.5) is 17.6 Å². The first-order chi connectivity index (χ1) is 16.9. The van der Waals surface area contributed by atoms with Crippen molar-refractivity contribution in [1.29, 1.82) is 0 Å². The molecular formula is C30H34F4O. The molecule has 0 saturated heterocycles. The zero-order valence-corrected chi connectivity index (χ0v) is 20.5. The Labute approximate surface area is 205 Å². The van der Waals surface area contributed by atoms with E-state index in [0.717, 1.165) is 25.0 Å². The van der Waals surface area contributed by atoms with Gasteiger partial charge in [0, 0.05) is 17.5 Å². The lowest BCUT2D eigenvalue weighted by Gasteiger charge is -2.25. The molecule has 0 amide bonds. The molecule has 5 heteroatoms. The third kappa shape index (κ3) is 5.49. The molecule has 35 heavy (non-hydrogen) atoms. The van der Waals surface area contributed by atoms with Crippen molar-refractivity contribution >= 4 is 0 Å². The highest BCUT2D eigenvalue weighted by Gasteiger charge is 2.30. The predicted molar refractivity (Wildman–Crippen MR) is 132 cm³/mol. The van der Waals surface area contributed by atoms with Crippen LogP contribution < -0.4 is 0 Å². The van der Waals surface area contributed by atoms with Gasteiger partial charge in [-0.25, -0.2) is 17.6 Å². The molecule has 4 rings (SSSR count). The Balaban J connectivity index is 1.51. The first-order valence-corrected chi connectivity index (χ1v) is 12.9. The van der Waals surface area contributed by atoms with Crippen molar-refractivity contribution in [1.82, 2.24) is 0 Å². The van der Waals surface area contributed by atoms with Gasteiger partial charge in [-0.2, -0.15) is 0 Å². The van der Waals surface area contributed by atoms with Gasteiger partial charge in [-0.1, -0.05) is 38.0 Å². The average Bonchev–Trinajstić information content (AvgIpc) is 2.87. The summed E-state index contributed by atoms with van der Waals surface area (Å²) >= 11 is 0. The molecule has 1 nitrogen and oxygen atoms in total. The maximum Gasteiger partial charge on any atom is 0.167 e. The second kappa shape index (κ2) is 11.5. The smallest absolute Gasteiger partial charge is 0.167 e. The number of aryl methyl sites for hydroxylation is 4. The summed E-state index contributed by atoms with van der Waals surface area (Å²) in [5, 5.41) is 0. The summed E-state index contributed by atoms with van der Waals surface area (Å²) in [6.07, 6.45) is 11.9. The molecule has 1 heterocycles. The van der Waals surface area contributed by atoms with Gasteiger partial charge in [0.2, 0.25) is 0 Å². The van der Waals surface area contributed by atoms with Crippen LogP contribution in [0.3, 0.4) is 0 Å². The minimum atomic E-state index is -1.09. The summed E-state index contributed by atoms with van der Waals surface area (Å²) in [5.74, 6) is -2.81. The van der Waals surface area contributed by atoms with E-state index in [1.807, 2.05) is 0 Å². The van der Waals surface area contributed by atoms with Gasteiger partial charge in [0.1, 0.15) is 0 Å². The predicted octanol–water partition coefficient (Wildman–Crippen LogP) is 8.56. The Morgan fingerprint density at radius 3 is 2.06 bits per heavy atom. The van der Waals surface area contributed by atoms with Crippen molar-refractivity contribution in [2.24, 2.45) is 5.92 Å². The summed E-state index contributed by atoms with van der Waals surface area (Å²) in [6, 6.07) is 3.24. The van der Waals surface area contributed by atoms with Gasteiger partial charge in [0.05, 0.1) is 12.4 Å². The molecule has 0 radical (unpaired) electrons. The van der Waals surface area contributed by atoms with Crippen molar-refractivity contribution in [2.75, 3.05) is 6.61 Å². The average molecular weight is 487 g/mol. The summed E-state index contributed by atoms with van der Waals surface area (Å²) in [7, 11) is 0. The van der Waals surface area contributed by atoms with Crippen molar-refractivity contribution in [3.8, 4) is 11.1 Å². The first-order valence-electron chi connectivity index (χ1n) is 12.9. The van der Waals surface area contributed by atoms with E-state index in [9.17, 15) is 4.39 Å². The van der Waals surface area contributed by atoms with E-state index in [1.165, 1.54) is 12.8 Å². The summed E-state index contributed by atoms with van der Waals surface area (Å²) in [6.45, 7) is 6.39. The fourth-order valence-corrected chi connectivity index (χ4v) is 5.23. The largest absolute Gasteiger partial charge is 0.498 e. The van der Waals surface area contributed by atoms with Crippen LogP contribution in [0.1, 0.15) is 74.1 Å². The quantitative estimate of drug-likeness (QED) is 0.186. The third-order valence-electron chi connectivity index (χ3n) is 7.29. The first kappa shape index (κ1) is 25.5. The summed E-state index contributed by atoms with van der Waals surface area (Å²) in [4.78, 5) is 0. The van der Waals surface area contributed by atoms with Gasteiger partial charge < -0.3 is 4.74 Å². The molecule has 0 saturated carbocycles. The Morgan fingerprint density at radius 2 is 1.51 bits per heavy atom. The number of allylic oxidation sites excluding steroid dienone is 3. The molecule has 0 spiro atoms. The molecule has 0 N–H and O–H groups in total. The van der Waals surface area contributed by atoms with Crippen molar-refractivity contribution < 1.29 is 22.3 Å². The monoisotopic (exact) mass is 486 g/mol. The Bertz CT molecular complexity index is 1120. The molecule has 0 fully saturated rings. The molecular weight excluding hydrogens is 452 g/mol. The second-order valence-electron chi connectivity index (χ2n) is 9.80. The minimum Gasteiger partial charge on any atom is -0.498 e. The fraction of sp³-hybridized carbons (Fsp3) is 0.467. The van der Waals surface area contributed by atoms with Crippen molar-refractivity contribution in [3.63, 3.8) is 0 Å². The Morgan fingerprint density at radius 1 is 0.886 bits per heavy atom. The Hall–Kier alpha value is -2.56. The normalized spacial score (nSPS) is 16.8. The lowest BCUT2D eigenvalue weighted by Crippen LogP contribution is -2.16. The van der Waals surface area contributed by atoms with Crippen LogP contribution in [0.15, 0.2) is 36.6 Å². The molecule has 2 aromatic carbocycles.